The Morgan fingerprint density at radius 2 is 0.933 bits per heavy atom. The average Bonchev–Trinajstić information content (AvgIpc) is 2.42. The maximum absolute atomic E-state index is 9.75. The quantitative estimate of drug-likeness (QED) is 0.397. The molecule has 0 heterocycles. The maximum Gasteiger partial charge on any atom is 1.00 e. The van der Waals surface area contributed by atoms with E-state index in [1.807, 2.05) is 0 Å². The largest absolute Gasteiger partial charge is 1.00 e. The van der Waals surface area contributed by atoms with Gasteiger partial charge in [-0.25, -0.2) is 0 Å². The Kier molecular flexibility index (Phi) is 17.3. The first-order valence-electron chi connectivity index (χ1n) is 7.52. The summed E-state index contributed by atoms with van der Waals surface area (Å²) in [6.07, 6.45) is 0. The molecule has 0 unspecified atom stereocenters. The van der Waals surface area contributed by atoms with Crippen LogP contribution in [0.5, 0.6) is 0 Å². The van der Waals surface area contributed by atoms with Crippen molar-refractivity contribution in [3.05, 3.63) is 59.7 Å². The molecule has 0 aromatic heterocycles. The number of hydrogen-bond acceptors (Lipinski definition) is 0. The zero-order valence-corrected chi connectivity index (χ0v) is 19.0. The van der Waals surface area contributed by atoms with Crippen LogP contribution >= 0.6 is 0 Å². The van der Waals surface area contributed by atoms with Crippen molar-refractivity contribution in [1.82, 2.24) is 0 Å². The van der Waals surface area contributed by atoms with Crippen LogP contribution in [0.3, 0.4) is 0 Å². The first-order chi connectivity index (χ1) is 12.8. The smallest absolute Gasteiger partial charge is 1.00 e. The predicted molar refractivity (Wildman–Crippen MR) is 93.0 cm³/mol. The van der Waals surface area contributed by atoms with Crippen molar-refractivity contribution < 1.29 is 105 Å². The van der Waals surface area contributed by atoms with Gasteiger partial charge in [0.05, 0.1) is 0 Å². The van der Waals surface area contributed by atoms with Crippen molar-refractivity contribution in [2.24, 2.45) is 0 Å². The number of hydrogen-bond donors (Lipinski definition) is 0. The molecule has 0 spiro atoms. The van der Waals surface area contributed by atoms with Crippen LogP contribution < -0.4 is 51.4 Å². The van der Waals surface area contributed by atoms with Crippen LogP contribution in [0.15, 0.2) is 48.5 Å². The second-order valence-corrected chi connectivity index (χ2v) is 5.17. The van der Waals surface area contributed by atoms with Crippen molar-refractivity contribution in [2.75, 3.05) is 0 Å². The van der Waals surface area contributed by atoms with Crippen LogP contribution in [0.2, 0.25) is 0 Å². The second-order valence-electron chi connectivity index (χ2n) is 5.17. The molecule has 2 rings (SSSR count). The summed E-state index contributed by atoms with van der Waals surface area (Å²) in [4.78, 5) is 0. The van der Waals surface area contributed by atoms with Gasteiger partial charge < -0.3 is 53.2 Å². The van der Waals surface area contributed by atoms with E-state index in [9.17, 15) is 51.8 Å². The van der Waals surface area contributed by atoms with Gasteiger partial charge in [0, 0.05) is 0 Å². The van der Waals surface area contributed by atoms with Crippen molar-refractivity contribution in [3.63, 3.8) is 0 Å². The van der Waals surface area contributed by atoms with Gasteiger partial charge in [0.25, 0.3) is 0 Å². The van der Waals surface area contributed by atoms with Crippen molar-refractivity contribution in [3.8, 4) is 11.1 Å². The molecule has 0 radical (unpaired) electrons. The van der Waals surface area contributed by atoms with Gasteiger partial charge in [-0.1, -0.05) is 54.1 Å². The molecule has 0 saturated heterocycles. The molecule has 2 aromatic carbocycles. The number of aryl methyl sites for hydroxylation is 2. The Hall–Kier alpha value is -0.569. The number of halogens is 12. The first kappa shape index (κ1) is 34.1. The van der Waals surface area contributed by atoms with Crippen LogP contribution in [-0.4, -0.2) is 21.8 Å². The van der Waals surface area contributed by atoms with Gasteiger partial charge >= 0.3 is 73.1 Å². The van der Waals surface area contributed by atoms with E-state index in [0.717, 1.165) is 0 Å². The molecule has 0 atom stereocenters. The summed E-state index contributed by atoms with van der Waals surface area (Å²) in [6.45, 7) is 4.28. The SMILES string of the molecule is Cc1cccc(-c2ccccc2C)c1.F[B-](F)(F)F.F[B-](F)(F)F.F[B-](F)(F)F.[H-].[K+]. The Morgan fingerprint density at radius 1 is 0.567 bits per heavy atom. The summed E-state index contributed by atoms with van der Waals surface area (Å²) in [5.41, 5.74) is 5.28. The Morgan fingerprint density at radius 3 is 1.27 bits per heavy atom. The number of rotatable bonds is 1. The molecule has 0 N–H and O–H groups in total. The third kappa shape index (κ3) is 32.1. The topological polar surface area (TPSA) is 0 Å². The average molecular weight is 483 g/mol. The Balaban J connectivity index is -0.000000181. The van der Waals surface area contributed by atoms with Crippen molar-refractivity contribution in [1.29, 1.82) is 0 Å². The molecular formula is C14H15B3F12K-3. The molecule has 30 heavy (non-hydrogen) atoms. The molecule has 0 fully saturated rings. The molecule has 0 aliphatic carbocycles. The zero-order valence-electron chi connectivity index (χ0n) is 16.9. The third-order valence-corrected chi connectivity index (χ3v) is 2.47. The predicted octanol–water partition coefficient (Wildman–Crippen LogP) is 4.99. The summed E-state index contributed by atoms with van der Waals surface area (Å²) in [6, 6.07) is 17.1. The van der Waals surface area contributed by atoms with Crippen LogP contribution in [0, 0.1) is 13.8 Å². The molecule has 16 heteroatoms. The van der Waals surface area contributed by atoms with E-state index in [1.165, 1.54) is 22.3 Å². The summed E-state index contributed by atoms with van der Waals surface area (Å²) in [7, 11) is -18.0. The molecule has 0 nitrogen and oxygen atoms in total. The minimum absolute atomic E-state index is 0. The van der Waals surface area contributed by atoms with Gasteiger partial charge in [-0.15, -0.1) is 0 Å². The zero-order chi connectivity index (χ0) is 23.5. The fourth-order valence-corrected chi connectivity index (χ4v) is 1.71. The first-order valence-corrected chi connectivity index (χ1v) is 7.52. The molecule has 0 saturated carbocycles. The van der Waals surface area contributed by atoms with E-state index < -0.39 is 21.8 Å². The Labute approximate surface area is 209 Å². The summed E-state index contributed by atoms with van der Waals surface area (Å²) in [5, 5.41) is 0. The molecule has 0 aliphatic heterocycles. The molecule has 0 bridgehead atoms. The third-order valence-electron chi connectivity index (χ3n) is 2.47. The molecule has 0 amide bonds. The fourth-order valence-electron chi connectivity index (χ4n) is 1.71. The van der Waals surface area contributed by atoms with Gasteiger partial charge in [-0.05, 0) is 30.5 Å². The van der Waals surface area contributed by atoms with E-state index in [2.05, 4.69) is 62.4 Å². The second kappa shape index (κ2) is 15.3. The van der Waals surface area contributed by atoms with E-state index in [1.54, 1.807) is 0 Å². The molecular weight excluding hydrogens is 468 g/mol. The minimum Gasteiger partial charge on any atom is -1.00 e. The fraction of sp³-hybridized carbons (Fsp3) is 0.143. The maximum atomic E-state index is 9.75. The van der Waals surface area contributed by atoms with Gasteiger partial charge in [-0.2, -0.15) is 0 Å². The van der Waals surface area contributed by atoms with E-state index in [-0.39, 0.29) is 52.8 Å². The van der Waals surface area contributed by atoms with E-state index in [4.69, 9.17) is 0 Å². The van der Waals surface area contributed by atoms with Crippen molar-refractivity contribution in [2.45, 2.75) is 13.8 Å². The molecule has 2 aromatic rings. The van der Waals surface area contributed by atoms with Crippen LogP contribution in [-0.2, 0) is 0 Å². The molecule has 0 aliphatic rings. The van der Waals surface area contributed by atoms with Crippen LogP contribution in [0.1, 0.15) is 12.6 Å². The molecule has 168 valence electrons. The number of benzene rings is 2. The van der Waals surface area contributed by atoms with E-state index in [0.29, 0.717) is 0 Å². The van der Waals surface area contributed by atoms with Crippen molar-refractivity contribution >= 4 is 21.8 Å². The van der Waals surface area contributed by atoms with Gasteiger partial charge in [-0.3, -0.25) is 0 Å². The van der Waals surface area contributed by atoms with Gasteiger partial charge in [0.2, 0.25) is 0 Å². The summed E-state index contributed by atoms with van der Waals surface area (Å²) in [5.74, 6) is 0. The summed E-state index contributed by atoms with van der Waals surface area (Å²) < 4.78 is 117. The van der Waals surface area contributed by atoms with E-state index >= 15 is 0 Å². The monoisotopic (exact) mass is 483 g/mol. The van der Waals surface area contributed by atoms with Gasteiger partial charge in [0.1, 0.15) is 0 Å². The van der Waals surface area contributed by atoms with Crippen LogP contribution in [0.25, 0.3) is 11.1 Å². The minimum atomic E-state index is -6.00. The van der Waals surface area contributed by atoms with Gasteiger partial charge in [0.15, 0.2) is 0 Å². The standard InChI is InChI=1S/C14H14.3BF4.K.H/c1-11-6-5-8-13(10-11)14-9-4-3-7-12(14)2;3*2-1(3,4)5;;/h3-10H,1-2H3;;;;;/q;3*-1;+1;-1. The Bertz CT molecular complexity index is 676. The normalized spacial score (nSPS) is 10.7. The summed E-state index contributed by atoms with van der Waals surface area (Å²) >= 11 is 0. The van der Waals surface area contributed by atoms with Crippen LogP contribution in [0.4, 0.5) is 51.8 Å².